The first kappa shape index (κ1) is 27.5. The lowest BCUT2D eigenvalue weighted by Gasteiger charge is -2.09. The Bertz CT molecular complexity index is 1630. The minimum atomic E-state index is 0.641. The van der Waals surface area contributed by atoms with Crippen molar-refractivity contribution in [2.45, 2.75) is 10.3 Å². The molecule has 6 aromatic rings. The highest BCUT2D eigenvalue weighted by Crippen LogP contribution is 2.31. The Morgan fingerprint density at radius 2 is 0.690 bits per heavy atom. The molecule has 0 aliphatic rings. The second-order valence-electron chi connectivity index (χ2n) is 9.14. The van der Waals surface area contributed by atoms with E-state index in [2.05, 4.69) is 56.8 Å². The van der Waals surface area contributed by atoms with Crippen molar-refractivity contribution in [3.8, 4) is 45.0 Å². The van der Waals surface area contributed by atoms with E-state index in [4.69, 9.17) is 9.97 Å². The summed E-state index contributed by atoms with van der Waals surface area (Å²) in [7, 11) is 0. The van der Waals surface area contributed by atoms with Gasteiger partial charge in [-0.15, -0.1) is 20.4 Å². The topological polar surface area (TPSA) is 77.3 Å². The lowest BCUT2D eigenvalue weighted by molar-refractivity contribution is 0.851. The summed E-state index contributed by atoms with van der Waals surface area (Å²) in [6.45, 7) is 0. The van der Waals surface area contributed by atoms with Gasteiger partial charge in [-0.25, -0.2) is 9.97 Å². The Hall–Kier alpha value is -4.66. The Kier molecular flexibility index (Phi) is 9.04. The van der Waals surface area contributed by atoms with Crippen LogP contribution in [0.4, 0.5) is 0 Å². The van der Waals surface area contributed by atoms with E-state index in [1.807, 2.05) is 97.1 Å². The molecule has 2 heterocycles. The van der Waals surface area contributed by atoms with Crippen molar-refractivity contribution in [2.24, 2.45) is 0 Å². The van der Waals surface area contributed by atoms with Gasteiger partial charge in [0.1, 0.15) is 22.8 Å². The molecule has 6 rings (SSSR count). The van der Waals surface area contributed by atoms with E-state index >= 15 is 0 Å². The van der Waals surface area contributed by atoms with Crippen LogP contribution in [0.1, 0.15) is 0 Å². The number of nitrogens with zero attached hydrogens (tertiary/aromatic N) is 6. The van der Waals surface area contributed by atoms with E-state index < -0.39 is 0 Å². The van der Waals surface area contributed by atoms with Crippen LogP contribution in [0.2, 0.25) is 0 Å². The summed E-state index contributed by atoms with van der Waals surface area (Å²) in [5, 5.41) is 19.2. The zero-order valence-corrected chi connectivity index (χ0v) is 24.2. The number of aromatic nitrogens is 6. The highest BCUT2D eigenvalue weighted by molar-refractivity contribution is 7.99. The molecule has 0 radical (unpaired) electrons. The van der Waals surface area contributed by atoms with Crippen molar-refractivity contribution < 1.29 is 0 Å². The van der Waals surface area contributed by atoms with Gasteiger partial charge >= 0.3 is 0 Å². The Balaban J connectivity index is 1.12. The molecule has 2 aromatic heterocycles. The van der Waals surface area contributed by atoms with Crippen molar-refractivity contribution in [3.63, 3.8) is 0 Å². The Morgan fingerprint density at radius 1 is 0.381 bits per heavy atom. The van der Waals surface area contributed by atoms with Crippen molar-refractivity contribution in [1.29, 1.82) is 0 Å². The highest BCUT2D eigenvalue weighted by Gasteiger charge is 2.14. The molecule has 0 spiro atoms. The summed E-state index contributed by atoms with van der Waals surface area (Å²) in [6.07, 6.45) is 4.22. The minimum Gasteiger partial charge on any atom is -0.219 e. The molecule has 0 aliphatic carbocycles. The first-order chi connectivity index (χ1) is 20.8. The predicted octanol–water partition coefficient (Wildman–Crippen LogP) is 8.17. The lowest BCUT2D eigenvalue weighted by Crippen LogP contribution is -1.99. The fraction of sp³-hybridized carbons (Fsp3) is 0.0588. The molecule has 0 aliphatic heterocycles. The number of rotatable bonds is 10. The number of benzene rings is 4. The van der Waals surface area contributed by atoms with Gasteiger partial charge in [-0.2, -0.15) is 0 Å². The zero-order chi connectivity index (χ0) is 28.4. The molecule has 204 valence electrons. The molecule has 42 heavy (non-hydrogen) atoms. The molecular weight excluding hydrogens is 557 g/mol. The maximum absolute atomic E-state index is 4.88. The van der Waals surface area contributed by atoms with E-state index in [0.29, 0.717) is 10.3 Å². The van der Waals surface area contributed by atoms with Crippen LogP contribution in [-0.2, 0) is 0 Å². The lowest BCUT2D eigenvalue weighted by atomic mass is 10.0. The number of hydrogen-bond acceptors (Lipinski definition) is 8. The fourth-order valence-corrected chi connectivity index (χ4v) is 5.57. The van der Waals surface area contributed by atoms with Gasteiger partial charge in [0.15, 0.2) is 0 Å². The molecule has 0 amide bonds. The number of hydrogen-bond donors (Lipinski definition) is 0. The minimum absolute atomic E-state index is 0.641. The van der Waals surface area contributed by atoms with Gasteiger partial charge < -0.3 is 0 Å². The Labute approximate surface area is 253 Å². The van der Waals surface area contributed by atoms with Crippen molar-refractivity contribution in [1.82, 2.24) is 30.4 Å². The normalized spacial score (nSPS) is 11.1. The quantitative estimate of drug-likeness (QED) is 0.118. The van der Waals surface area contributed by atoms with Crippen molar-refractivity contribution >= 4 is 23.5 Å². The highest BCUT2D eigenvalue weighted by atomic mass is 32.2. The second-order valence-corrected chi connectivity index (χ2v) is 11.1. The molecule has 0 N–H and O–H groups in total. The monoisotopic (exact) mass is 582 g/mol. The maximum Gasteiger partial charge on any atom is 0.209 e. The molecule has 0 unspecified atom stereocenters. The molecule has 0 fully saturated rings. The van der Waals surface area contributed by atoms with Gasteiger partial charge in [0.2, 0.25) is 10.3 Å². The SMILES string of the molecule is C(=C\CSc1nnc(-c2ccccc2)c(-c2ccccc2)n1)/CSc1nnc(-c2ccccc2)c(-c2ccccc2)n1. The second kappa shape index (κ2) is 13.8. The summed E-state index contributed by atoms with van der Waals surface area (Å²) in [5.41, 5.74) is 7.24. The van der Waals surface area contributed by atoms with E-state index in [1.165, 1.54) is 0 Å². The first-order valence-corrected chi connectivity index (χ1v) is 15.4. The van der Waals surface area contributed by atoms with Gasteiger partial charge in [0, 0.05) is 33.8 Å². The predicted molar refractivity (Wildman–Crippen MR) is 172 cm³/mol. The van der Waals surface area contributed by atoms with Gasteiger partial charge in [-0.3, -0.25) is 0 Å². The van der Waals surface area contributed by atoms with Gasteiger partial charge in [-0.1, -0.05) is 157 Å². The first-order valence-electron chi connectivity index (χ1n) is 13.5. The average Bonchev–Trinajstić information content (AvgIpc) is 3.08. The molecule has 0 saturated heterocycles. The van der Waals surface area contributed by atoms with Crippen molar-refractivity contribution in [2.75, 3.05) is 11.5 Å². The Morgan fingerprint density at radius 3 is 1.02 bits per heavy atom. The van der Waals surface area contributed by atoms with Crippen molar-refractivity contribution in [3.05, 3.63) is 133 Å². The van der Waals surface area contributed by atoms with Gasteiger partial charge in [-0.05, 0) is 0 Å². The molecule has 0 saturated carbocycles. The van der Waals surface area contributed by atoms with Crippen LogP contribution in [0, 0.1) is 0 Å². The van der Waals surface area contributed by atoms with E-state index in [-0.39, 0.29) is 0 Å². The van der Waals surface area contributed by atoms with E-state index in [1.54, 1.807) is 23.5 Å². The summed E-state index contributed by atoms with van der Waals surface area (Å²) in [4.78, 5) is 9.76. The average molecular weight is 583 g/mol. The van der Waals surface area contributed by atoms with Crippen LogP contribution in [-0.4, -0.2) is 41.9 Å². The molecule has 0 atom stereocenters. The summed E-state index contributed by atoms with van der Waals surface area (Å²) >= 11 is 3.11. The van der Waals surface area contributed by atoms with E-state index in [9.17, 15) is 0 Å². The molecule has 0 bridgehead atoms. The van der Waals surface area contributed by atoms with Crippen LogP contribution in [0.15, 0.2) is 144 Å². The van der Waals surface area contributed by atoms with Crippen LogP contribution in [0.5, 0.6) is 0 Å². The third-order valence-corrected chi connectivity index (χ3v) is 7.89. The van der Waals surface area contributed by atoms with Crippen LogP contribution in [0.3, 0.4) is 0 Å². The zero-order valence-electron chi connectivity index (χ0n) is 22.6. The largest absolute Gasteiger partial charge is 0.219 e. The summed E-state index contributed by atoms with van der Waals surface area (Å²) in [6, 6.07) is 40.3. The molecule has 4 aromatic carbocycles. The van der Waals surface area contributed by atoms with Crippen LogP contribution >= 0.6 is 23.5 Å². The summed E-state index contributed by atoms with van der Waals surface area (Å²) < 4.78 is 0. The van der Waals surface area contributed by atoms with Gasteiger partial charge in [0.05, 0.1) is 0 Å². The summed E-state index contributed by atoms with van der Waals surface area (Å²) in [5.74, 6) is 1.45. The van der Waals surface area contributed by atoms with Crippen LogP contribution < -0.4 is 0 Å². The third kappa shape index (κ3) is 6.79. The molecule has 8 heteroatoms. The standard InChI is InChI=1S/C34H26N6S2/c1-5-15-25(16-6-1)29-31(27-19-9-3-10-20-27)37-39-33(35-29)41-23-13-14-24-42-34-36-30(26-17-7-2-8-18-26)32(38-40-34)28-21-11-4-12-22-28/h1-22H,23-24H2/b14-13+. The number of thioether (sulfide) groups is 2. The fourth-order valence-electron chi connectivity index (χ4n) is 4.30. The molecule has 6 nitrogen and oxygen atoms in total. The van der Waals surface area contributed by atoms with E-state index in [0.717, 1.165) is 56.5 Å². The van der Waals surface area contributed by atoms with Crippen LogP contribution in [0.25, 0.3) is 45.0 Å². The molecular formula is C34H26N6S2. The maximum atomic E-state index is 4.88. The smallest absolute Gasteiger partial charge is 0.209 e. The third-order valence-electron chi connectivity index (χ3n) is 6.31. The van der Waals surface area contributed by atoms with Gasteiger partial charge in [0.25, 0.3) is 0 Å².